The van der Waals surface area contributed by atoms with E-state index < -0.39 is 5.91 Å². The van der Waals surface area contributed by atoms with Crippen molar-refractivity contribution in [2.45, 2.75) is 25.4 Å². The zero-order chi connectivity index (χ0) is 22.8. The van der Waals surface area contributed by atoms with Crippen LogP contribution in [0.15, 0.2) is 47.5 Å². The van der Waals surface area contributed by atoms with Gasteiger partial charge in [-0.1, -0.05) is 6.07 Å². The number of benzene rings is 1. The minimum Gasteiger partial charge on any atom is -0.339 e. The Morgan fingerprint density at radius 1 is 1.21 bits per heavy atom. The van der Waals surface area contributed by atoms with Gasteiger partial charge in [0, 0.05) is 37.3 Å². The molecular weight excluding hydrogens is 443 g/mol. The third-order valence-electron chi connectivity index (χ3n) is 5.57. The van der Waals surface area contributed by atoms with E-state index in [9.17, 15) is 14.0 Å². The van der Waals surface area contributed by atoms with Crippen molar-refractivity contribution < 1.29 is 14.0 Å². The fourth-order valence-electron chi connectivity index (χ4n) is 3.96. The molecular formula is C23H21FN6O2S. The predicted octanol–water partition coefficient (Wildman–Crippen LogP) is 3.25. The number of nitrogens with one attached hydrogen (secondary N) is 2. The number of thioether (sulfide) groups is 1. The molecule has 2 aliphatic heterocycles. The Morgan fingerprint density at radius 2 is 2.12 bits per heavy atom. The number of fused-ring (bicyclic) bond motifs is 1. The average Bonchev–Trinajstić information content (AvgIpc) is 3.14. The number of nitrogens with zero attached hydrogens (tertiary/aromatic N) is 4. The maximum atomic E-state index is 13.4. The summed E-state index contributed by atoms with van der Waals surface area (Å²) in [6.07, 6.45) is 5.28. The molecule has 2 N–H and O–H groups in total. The van der Waals surface area contributed by atoms with Crippen LogP contribution in [0.25, 0.3) is 17.0 Å². The highest BCUT2D eigenvalue weighted by atomic mass is 32.2. The molecule has 2 aliphatic rings. The first-order valence-corrected chi connectivity index (χ1v) is 11.5. The Labute approximate surface area is 193 Å². The fourth-order valence-corrected chi connectivity index (χ4v) is 4.63. The molecule has 4 heterocycles. The van der Waals surface area contributed by atoms with Gasteiger partial charge in [-0.3, -0.25) is 19.9 Å². The molecule has 2 fully saturated rings. The maximum absolute atomic E-state index is 13.4. The normalized spacial score (nSPS) is 20.0. The molecule has 0 unspecified atom stereocenters. The number of hydrogen-bond donors (Lipinski definition) is 2. The Balaban J connectivity index is 1.24. The highest BCUT2D eigenvalue weighted by molar-refractivity contribution is 8.18. The number of pyridine rings is 1. The standard InChI is InChI=1S/C23H21FN6O2S/c24-15-4-6-19-14(10-15)3-5-17(27-19)12-26-18-2-1-9-30(13-18)22-25-8-7-16(28-22)11-20-21(31)29-23(32)33-20/h3-8,10-11,18,26H,1-2,9,12-13H2,(H,29,31,32)/t18-/m0/s1. The van der Waals surface area contributed by atoms with Crippen molar-refractivity contribution in [3.63, 3.8) is 0 Å². The van der Waals surface area contributed by atoms with Crippen molar-refractivity contribution in [2.75, 3.05) is 18.0 Å². The van der Waals surface area contributed by atoms with Gasteiger partial charge >= 0.3 is 0 Å². The van der Waals surface area contributed by atoms with Crippen LogP contribution in [0.2, 0.25) is 0 Å². The van der Waals surface area contributed by atoms with Crippen molar-refractivity contribution in [1.29, 1.82) is 0 Å². The van der Waals surface area contributed by atoms with E-state index in [1.165, 1.54) is 12.1 Å². The van der Waals surface area contributed by atoms with Crippen molar-refractivity contribution in [1.82, 2.24) is 25.6 Å². The van der Waals surface area contributed by atoms with Gasteiger partial charge in [-0.2, -0.15) is 0 Å². The molecule has 3 aromatic rings. The zero-order valence-electron chi connectivity index (χ0n) is 17.6. The Morgan fingerprint density at radius 3 is 2.97 bits per heavy atom. The summed E-state index contributed by atoms with van der Waals surface area (Å²) in [4.78, 5) is 39.2. The van der Waals surface area contributed by atoms with E-state index in [1.54, 1.807) is 24.4 Å². The average molecular weight is 465 g/mol. The lowest BCUT2D eigenvalue weighted by molar-refractivity contribution is -0.115. The summed E-state index contributed by atoms with van der Waals surface area (Å²) in [6.45, 7) is 2.19. The van der Waals surface area contributed by atoms with Crippen LogP contribution in [0.1, 0.15) is 24.2 Å². The summed E-state index contributed by atoms with van der Waals surface area (Å²) < 4.78 is 13.4. The number of carbonyl (C=O) groups is 2. The van der Waals surface area contributed by atoms with Gasteiger partial charge in [0.15, 0.2) is 0 Å². The van der Waals surface area contributed by atoms with Gasteiger partial charge in [-0.05, 0) is 61.0 Å². The molecule has 0 bridgehead atoms. The third kappa shape index (κ3) is 5.01. The molecule has 1 aromatic carbocycles. The van der Waals surface area contributed by atoms with Gasteiger partial charge in [0.05, 0.1) is 21.8 Å². The minimum absolute atomic E-state index is 0.240. The number of imide groups is 1. The molecule has 1 atom stereocenters. The molecule has 168 valence electrons. The summed E-state index contributed by atoms with van der Waals surface area (Å²) in [5, 5.41) is 6.21. The van der Waals surface area contributed by atoms with Crippen molar-refractivity contribution in [2.24, 2.45) is 0 Å². The van der Waals surface area contributed by atoms with Crippen LogP contribution in [0.3, 0.4) is 0 Å². The molecule has 5 rings (SSSR count). The van der Waals surface area contributed by atoms with E-state index in [-0.39, 0.29) is 17.1 Å². The van der Waals surface area contributed by atoms with Gasteiger partial charge < -0.3 is 10.2 Å². The molecule has 33 heavy (non-hydrogen) atoms. The molecule has 2 saturated heterocycles. The Kier molecular flexibility index (Phi) is 6.01. The van der Waals surface area contributed by atoms with Gasteiger partial charge in [0.2, 0.25) is 5.95 Å². The summed E-state index contributed by atoms with van der Waals surface area (Å²) in [7, 11) is 0. The summed E-state index contributed by atoms with van der Waals surface area (Å²) >= 11 is 0.869. The molecule has 0 saturated carbocycles. The summed E-state index contributed by atoms with van der Waals surface area (Å²) in [5.74, 6) is -0.0741. The van der Waals surface area contributed by atoms with Crippen LogP contribution >= 0.6 is 11.8 Å². The molecule has 2 aromatic heterocycles. The van der Waals surface area contributed by atoms with E-state index in [2.05, 4.69) is 30.5 Å². The SMILES string of the molecule is O=C1NC(=O)C(=Cc2ccnc(N3CCC[C@H](NCc4ccc5cc(F)ccc5n4)C3)n2)S1. The lowest BCUT2D eigenvalue weighted by atomic mass is 10.1. The molecule has 2 amide bonds. The Hall–Kier alpha value is -3.37. The van der Waals surface area contributed by atoms with Crippen molar-refractivity contribution in [3.8, 4) is 0 Å². The minimum atomic E-state index is -0.403. The van der Waals surface area contributed by atoms with E-state index >= 15 is 0 Å². The second-order valence-electron chi connectivity index (χ2n) is 7.94. The van der Waals surface area contributed by atoms with Gasteiger partial charge in [0.25, 0.3) is 11.1 Å². The highest BCUT2D eigenvalue weighted by Gasteiger charge is 2.26. The van der Waals surface area contributed by atoms with Crippen LogP contribution in [-0.2, 0) is 11.3 Å². The lowest BCUT2D eigenvalue weighted by Crippen LogP contribution is -2.46. The summed E-state index contributed by atoms with van der Waals surface area (Å²) in [5.41, 5.74) is 2.26. The molecule has 8 nitrogen and oxygen atoms in total. The highest BCUT2D eigenvalue weighted by Crippen LogP contribution is 2.25. The van der Waals surface area contributed by atoms with Crippen LogP contribution in [0.4, 0.5) is 15.1 Å². The largest absolute Gasteiger partial charge is 0.339 e. The number of aromatic nitrogens is 3. The number of anilines is 1. The quantitative estimate of drug-likeness (QED) is 0.555. The number of piperidine rings is 1. The Bertz CT molecular complexity index is 1270. The smallest absolute Gasteiger partial charge is 0.290 e. The molecule has 10 heteroatoms. The van der Waals surface area contributed by atoms with Crippen LogP contribution in [0.5, 0.6) is 0 Å². The van der Waals surface area contributed by atoms with Gasteiger partial charge in [-0.15, -0.1) is 0 Å². The topological polar surface area (TPSA) is 100 Å². The van der Waals surface area contributed by atoms with Crippen LogP contribution in [0, 0.1) is 5.82 Å². The van der Waals surface area contributed by atoms with E-state index in [1.807, 2.05) is 12.1 Å². The van der Waals surface area contributed by atoms with Crippen LogP contribution in [-0.4, -0.2) is 45.2 Å². The summed E-state index contributed by atoms with van der Waals surface area (Å²) in [6, 6.07) is 10.4. The monoisotopic (exact) mass is 464 g/mol. The fraction of sp³-hybridized carbons (Fsp3) is 0.261. The van der Waals surface area contributed by atoms with E-state index in [4.69, 9.17) is 0 Å². The van der Waals surface area contributed by atoms with Crippen molar-refractivity contribution >= 4 is 45.8 Å². The maximum Gasteiger partial charge on any atom is 0.290 e. The molecule has 0 spiro atoms. The predicted molar refractivity (Wildman–Crippen MR) is 125 cm³/mol. The first-order valence-electron chi connectivity index (χ1n) is 10.6. The second kappa shape index (κ2) is 9.24. The zero-order valence-corrected chi connectivity index (χ0v) is 18.4. The van der Waals surface area contributed by atoms with E-state index in [0.717, 1.165) is 54.3 Å². The number of rotatable bonds is 5. The number of amides is 2. The number of halogens is 1. The number of carbonyl (C=O) groups excluding carboxylic acids is 2. The molecule has 0 radical (unpaired) electrons. The van der Waals surface area contributed by atoms with Gasteiger partial charge in [-0.25, -0.2) is 14.4 Å². The first kappa shape index (κ1) is 21.5. The van der Waals surface area contributed by atoms with Gasteiger partial charge in [0.1, 0.15) is 5.82 Å². The first-order chi connectivity index (χ1) is 16.0. The second-order valence-corrected chi connectivity index (χ2v) is 8.95. The van der Waals surface area contributed by atoms with Crippen molar-refractivity contribution in [3.05, 3.63) is 64.7 Å². The molecule has 0 aliphatic carbocycles. The van der Waals surface area contributed by atoms with E-state index in [0.29, 0.717) is 23.1 Å². The lowest BCUT2D eigenvalue weighted by Gasteiger charge is -2.33. The third-order valence-corrected chi connectivity index (χ3v) is 6.38. The van der Waals surface area contributed by atoms with Crippen LogP contribution < -0.4 is 15.5 Å². The number of hydrogen-bond acceptors (Lipinski definition) is 8.